The van der Waals surface area contributed by atoms with Crippen molar-refractivity contribution in [2.24, 2.45) is 0 Å². The zero-order valence-electron chi connectivity index (χ0n) is 18.5. The van der Waals surface area contributed by atoms with Crippen LogP contribution in [0.5, 0.6) is 11.5 Å². The predicted molar refractivity (Wildman–Crippen MR) is 118 cm³/mol. The molecule has 0 amide bonds. The number of likely N-dealkylation sites (tertiary alicyclic amines) is 2. The van der Waals surface area contributed by atoms with Crippen LogP contribution in [-0.4, -0.2) is 68.3 Å². The third-order valence-corrected chi connectivity index (χ3v) is 6.62. The van der Waals surface area contributed by atoms with E-state index in [1.165, 1.54) is 25.9 Å². The molecule has 0 atom stereocenters. The van der Waals surface area contributed by atoms with Gasteiger partial charge in [-0.05, 0) is 84.2 Å². The van der Waals surface area contributed by atoms with Gasteiger partial charge in [0.1, 0.15) is 5.82 Å². The molecule has 4 rings (SSSR count). The van der Waals surface area contributed by atoms with Crippen molar-refractivity contribution in [3.63, 3.8) is 0 Å². The van der Waals surface area contributed by atoms with Gasteiger partial charge in [-0.15, -0.1) is 0 Å². The Morgan fingerprint density at radius 1 is 1.10 bits per heavy atom. The first-order valence-corrected chi connectivity index (χ1v) is 11.3. The highest BCUT2D eigenvalue weighted by atomic mass is 19.1. The molecule has 3 heterocycles. The fourth-order valence-electron chi connectivity index (χ4n) is 4.85. The zero-order valence-corrected chi connectivity index (χ0v) is 18.5. The van der Waals surface area contributed by atoms with Crippen molar-refractivity contribution in [3.8, 4) is 11.5 Å². The Labute approximate surface area is 179 Å². The van der Waals surface area contributed by atoms with Gasteiger partial charge in [0.05, 0.1) is 24.9 Å². The van der Waals surface area contributed by atoms with Crippen LogP contribution >= 0.6 is 0 Å². The molecule has 2 saturated heterocycles. The first kappa shape index (κ1) is 21.3. The normalized spacial score (nSPS) is 18.9. The van der Waals surface area contributed by atoms with Crippen molar-refractivity contribution < 1.29 is 13.9 Å². The fourth-order valence-corrected chi connectivity index (χ4v) is 4.85. The van der Waals surface area contributed by atoms with E-state index in [1.807, 2.05) is 12.1 Å². The Balaban J connectivity index is 1.58. The van der Waals surface area contributed by atoms with E-state index in [2.05, 4.69) is 21.8 Å². The van der Waals surface area contributed by atoms with E-state index >= 15 is 4.39 Å². The number of hydrogen-bond donors (Lipinski definition) is 0. The first-order valence-electron chi connectivity index (χ1n) is 11.3. The van der Waals surface area contributed by atoms with E-state index in [9.17, 15) is 0 Å². The number of rotatable bonds is 7. The first-order chi connectivity index (χ1) is 14.6. The van der Waals surface area contributed by atoms with E-state index < -0.39 is 0 Å². The molecule has 164 valence electrons. The number of piperidine rings is 1. The smallest absolute Gasteiger partial charge is 0.163 e. The van der Waals surface area contributed by atoms with Gasteiger partial charge in [0.25, 0.3) is 0 Å². The highest BCUT2D eigenvalue weighted by Crippen LogP contribution is 2.39. The Bertz CT molecular complexity index is 875. The monoisotopic (exact) mass is 415 g/mol. The van der Waals surface area contributed by atoms with Crippen molar-refractivity contribution in [3.05, 3.63) is 29.2 Å². The molecule has 0 spiro atoms. The van der Waals surface area contributed by atoms with E-state index in [-0.39, 0.29) is 11.7 Å². The van der Waals surface area contributed by atoms with Crippen LogP contribution in [0.4, 0.5) is 4.39 Å². The molecule has 2 aliphatic rings. The molecule has 5 nitrogen and oxygen atoms in total. The molecule has 1 aromatic heterocycles. The van der Waals surface area contributed by atoms with Crippen LogP contribution in [-0.2, 0) is 0 Å². The van der Waals surface area contributed by atoms with Gasteiger partial charge in [-0.3, -0.25) is 0 Å². The molecule has 0 bridgehead atoms. The maximum Gasteiger partial charge on any atom is 0.163 e. The van der Waals surface area contributed by atoms with Crippen LogP contribution in [0.2, 0.25) is 0 Å². The lowest BCUT2D eigenvalue weighted by Gasteiger charge is -2.30. The minimum atomic E-state index is -0.168. The van der Waals surface area contributed by atoms with Crippen molar-refractivity contribution in [2.45, 2.75) is 44.9 Å². The van der Waals surface area contributed by atoms with Gasteiger partial charge in [0.15, 0.2) is 11.5 Å². The maximum absolute atomic E-state index is 15.2. The summed E-state index contributed by atoms with van der Waals surface area (Å²) < 4.78 is 26.9. The SMILES string of the molecule is COc1cc2c(C3CCN(C)CC3)c(F)c(C)nc2cc1OCCCN1CCCC1. The second-order valence-corrected chi connectivity index (χ2v) is 8.77. The third-order valence-electron chi connectivity index (χ3n) is 6.62. The third kappa shape index (κ3) is 4.54. The van der Waals surface area contributed by atoms with Crippen molar-refractivity contribution >= 4 is 10.9 Å². The number of aryl methyl sites for hydroxylation is 1. The molecule has 2 fully saturated rings. The number of hydrogen-bond acceptors (Lipinski definition) is 5. The van der Waals surface area contributed by atoms with Crippen molar-refractivity contribution in [1.29, 1.82) is 0 Å². The Hall–Kier alpha value is -1.92. The topological polar surface area (TPSA) is 37.8 Å². The van der Waals surface area contributed by atoms with E-state index in [1.54, 1.807) is 14.0 Å². The van der Waals surface area contributed by atoms with Crippen LogP contribution in [0.1, 0.15) is 49.3 Å². The Kier molecular flexibility index (Phi) is 6.74. The summed E-state index contributed by atoms with van der Waals surface area (Å²) in [5.74, 6) is 1.39. The summed E-state index contributed by atoms with van der Waals surface area (Å²) in [4.78, 5) is 9.34. The number of methoxy groups -OCH3 is 1. The predicted octanol–water partition coefficient (Wildman–Crippen LogP) is 4.36. The van der Waals surface area contributed by atoms with Crippen LogP contribution in [0, 0.1) is 12.7 Å². The fraction of sp³-hybridized carbons (Fsp3) is 0.625. The average Bonchev–Trinajstić information content (AvgIpc) is 3.26. The number of ether oxygens (including phenoxy) is 2. The number of aromatic nitrogens is 1. The molecular formula is C24H34FN3O2. The molecule has 0 unspecified atom stereocenters. The highest BCUT2D eigenvalue weighted by molar-refractivity contribution is 5.86. The van der Waals surface area contributed by atoms with Gasteiger partial charge < -0.3 is 19.3 Å². The number of pyridine rings is 1. The second-order valence-electron chi connectivity index (χ2n) is 8.77. The molecular weight excluding hydrogens is 381 g/mol. The molecule has 6 heteroatoms. The number of fused-ring (bicyclic) bond motifs is 1. The molecule has 1 aromatic carbocycles. The number of halogens is 1. The van der Waals surface area contributed by atoms with Crippen LogP contribution in [0.15, 0.2) is 12.1 Å². The molecule has 2 aliphatic heterocycles. The lowest BCUT2D eigenvalue weighted by atomic mass is 9.86. The quantitative estimate of drug-likeness (QED) is 0.628. The summed E-state index contributed by atoms with van der Waals surface area (Å²) in [6, 6.07) is 3.85. The summed E-state index contributed by atoms with van der Waals surface area (Å²) in [6.07, 6.45) is 5.52. The van der Waals surface area contributed by atoms with Gasteiger partial charge in [-0.1, -0.05) is 0 Å². The summed E-state index contributed by atoms with van der Waals surface area (Å²) >= 11 is 0. The van der Waals surface area contributed by atoms with Crippen molar-refractivity contribution in [1.82, 2.24) is 14.8 Å². The number of nitrogens with zero attached hydrogens (tertiary/aromatic N) is 3. The molecule has 2 aromatic rings. The lowest BCUT2D eigenvalue weighted by Crippen LogP contribution is -2.29. The van der Waals surface area contributed by atoms with E-state index in [4.69, 9.17) is 9.47 Å². The Morgan fingerprint density at radius 2 is 1.83 bits per heavy atom. The molecule has 0 N–H and O–H groups in total. The molecule has 30 heavy (non-hydrogen) atoms. The van der Waals surface area contributed by atoms with E-state index in [0.717, 1.165) is 55.4 Å². The standard InChI is InChI=1S/C24H34FN3O2/c1-17-24(25)23(18-7-12-27(2)13-8-18)19-15-21(29-3)22(16-20(19)26-17)30-14-6-11-28-9-4-5-10-28/h15-16,18H,4-14H2,1-3H3. The zero-order chi connectivity index (χ0) is 21.1. The summed E-state index contributed by atoms with van der Waals surface area (Å²) in [5.41, 5.74) is 2.05. The van der Waals surface area contributed by atoms with Crippen LogP contribution < -0.4 is 9.47 Å². The van der Waals surface area contributed by atoms with Crippen LogP contribution in [0.25, 0.3) is 10.9 Å². The minimum Gasteiger partial charge on any atom is -0.493 e. The molecule has 0 saturated carbocycles. The lowest BCUT2D eigenvalue weighted by molar-refractivity contribution is 0.253. The summed E-state index contributed by atoms with van der Waals surface area (Å²) in [7, 11) is 3.77. The van der Waals surface area contributed by atoms with Gasteiger partial charge in [-0.25, -0.2) is 9.37 Å². The Morgan fingerprint density at radius 3 is 2.53 bits per heavy atom. The number of benzene rings is 1. The van der Waals surface area contributed by atoms with Crippen LogP contribution in [0.3, 0.4) is 0 Å². The largest absolute Gasteiger partial charge is 0.493 e. The summed E-state index contributed by atoms with van der Waals surface area (Å²) in [5, 5.41) is 0.855. The van der Waals surface area contributed by atoms with E-state index in [0.29, 0.717) is 23.8 Å². The van der Waals surface area contributed by atoms with Gasteiger partial charge in [-0.2, -0.15) is 0 Å². The summed E-state index contributed by atoms with van der Waals surface area (Å²) in [6.45, 7) is 7.85. The molecule has 0 radical (unpaired) electrons. The molecule has 0 aliphatic carbocycles. The maximum atomic E-state index is 15.2. The highest BCUT2D eigenvalue weighted by Gasteiger charge is 2.26. The average molecular weight is 416 g/mol. The second kappa shape index (κ2) is 9.48. The van der Waals surface area contributed by atoms with Gasteiger partial charge in [0.2, 0.25) is 0 Å². The van der Waals surface area contributed by atoms with Gasteiger partial charge >= 0.3 is 0 Å². The minimum absolute atomic E-state index is 0.168. The van der Waals surface area contributed by atoms with Crippen molar-refractivity contribution in [2.75, 3.05) is 53.5 Å². The van der Waals surface area contributed by atoms with Gasteiger partial charge in [0, 0.05) is 23.6 Å².